The van der Waals surface area contributed by atoms with Crippen LogP contribution in [0.5, 0.6) is 0 Å². The molecule has 1 aliphatic rings. The third-order valence-electron chi connectivity index (χ3n) is 3.33. The summed E-state index contributed by atoms with van der Waals surface area (Å²) in [5, 5.41) is 22.1. The van der Waals surface area contributed by atoms with Crippen molar-refractivity contribution in [2.24, 2.45) is 5.92 Å². The van der Waals surface area contributed by atoms with E-state index in [0.717, 1.165) is 5.56 Å². The Labute approximate surface area is 102 Å². The molecular weight excluding hydrogens is 238 g/mol. The molecular formula is C12H11NO3S. The normalized spacial score (nSPS) is 28.6. The monoisotopic (exact) mass is 249 g/mol. The van der Waals surface area contributed by atoms with E-state index in [0.29, 0.717) is 6.42 Å². The van der Waals surface area contributed by atoms with Crippen LogP contribution in [0.2, 0.25) is 0 Å². The van der Waals surface area contributed by atoms with Crippen LogP contribution in [0.15, 0.2) is 16.8 Å². The minimum Gasteiger partial charge on any atom is -0.481 e. The van der Waals surface area contributed by atoms with Crippen LogP contribution < -0.4 is 0 Å². The molecule has 1 aromatic heterocycles. The van der Waals surface area contributed by atoms with Gasteiger partial charge in [0.2, 0.25) is 0 Å². The predicted octanol–water partition coefficient (Wildman–Crippen LogP) is 1.96. The first-order valence-corrected chi connectivity index (χ1v) is 6.23. The van der Waals surface area contributed by atoms with Crippen molar-refractivity contribution in [1.82, 2.24) is 0 Å². The average molecular weight is 249 g/mol. The zero-order valence-electron chi connectivity index (χ0n) is 9.05. The van der Waals surface area contributed by atoms with Gasteiger partial charge in [0.1, 0.15) is 11.7 Å². The second kappa shape index (κ2) is 4.30. The first kappa shape index (κ1) is 11.8. The minimum atomic E-state index is -1.12. The lowest BCUT2D eigenvalue weighted by Crippen LogP contribution is -2.39. The van der Waals surface area contributed by atoms with Crippen molar-refractivity contribution >= 4 is 23.1 Å². The van der Waals surface area contributed by atoms with E-state index >= 15 is 0 Å². The van der Waals surface area contributed by atoms with Crippen molar-refractivity contribution < 1.29 is 14.7 Å². The van der Waals surface area contributed by atoms with Gasteiger partial charge < -0.3 is 5.11 Å². The molecule has 1 saturated carbocycles. The summed E-state index contributed by atoms with van der Waals surface area (Å²) >= 11 is 1.47. The number of nitrogens with zero attached hydrogens (tertiary/aromatic N) is 1. The summed E-state index contributed by atoms with van der Waals surface area (Å²) in [6.07, 6.45) is 0.678. The van der Waals surface area contributed by atoms with Crippen LogP contribution in [0.3, 0.4) is 0 Å². The quantitative estimate of drug-likeness (QED) is 0.813. The maximum atomic E-state index is 11.5. The summed E-state index contributed by atoms with van der Waals surface area (Å²) in [6, 6.07) is 4.05. The standard InChI is InChI=1S/C12H11NO3S/c13-7-12(8-2-4-17-6-8)3-1-10(14)9(5-12)11(15)16/h2,4,6,9H,1,3,5H2,(H,15,16). The van der Waals surface area contributed by atoms with Crippen LogP contribution in [0.25, 0.3) is 0 Å². The molecule has 2 atom stereocenters. The number of carboxylic acid groups (broad SMARTS) is 1. The summed E-state index contributed by atoms with van der Waals surface area (Å²) < 4.78 is 0. The molecule has 5 heteroatoms. The molecule has 2 unspecified atom stereocenters. The van der Waals surface area contributed by atoms with Crippen molar-refractivity contribution in [3.63, 3.8) is 0 Å². The molecule has 0 aliphatic heterocycles. The topological polar surface area (TPSA) is 78.2 Å². The molecule has 0 saturated heterocycles. The Kier molecular flexibility index (Phi) is 2.99. The molecule has 1 heterocycles. The molecule has 17 heavy (non-hydrogen) atoms. The largest absolute Gasteiger partial charge is 0.481 e. The second-order valence-electron chi connectivity index (χ2n) is 4.27. The van der Waals surface area contributed by atoms with Gasteiger partial charge in [-0.3, -0.25) is 9.59 Å². The maximum absolute atomic E-state index is 11.5. The minimum absolute atomic E-state index is 0.0917. The molecule has 0 spiro atoms. The van der Waals surface area contributed by atoms with Gasteiger partial charge in [0.05, 0.1) is 11.5 Å². The van der Waals surface area contributed by atoms with Gasteiger partial charge in [-0.15, -0.1) is 0 Å². The summed E-state index contributed by atoms with van der Waals surface area (Å²) in [5.41, 5.74) is 0.0282. The second-order valence-corrected chi connectivity index (χ2v) is 5.05. The number of carbonyl (C=O) groups excluding carboxylic acids is 1. The van der Waals surface area contributed by atoms with Crippen molar-refractivity contribution in [3.05, 3.63) is 22.4 Å². The van der Waals surface area contributed by atoms with Gasteiger partial charge in [0.15, 0.2) is 0 Å². The molecule has 88 valence electrons. The van der Waals surface area contributed by atoms with E-state index < -0.39 is 17.3 Å². The first-order chi connectivity index (χ1) is 8.09. The number of thiophene rings is 1. The molecule has 0 aromatic carbocycles. The molecule has 4 nitrogen and oxygen atoms in total. The number of rotatable bonds is 2. The Bertz CT molecular complexity index is 488. The third kappa shape index (κ3) is 1.96. The van der Waals surface area contributed by atoms with Crippen molar-refractivity contribution in [3.8, 4) is 6.07 Å². The van der Waals surface area contributed by atoms with E-state index in [4.69, 9.17) is 5.11 Å². The third-order valence-corrected chi connectivity index (χ3v) is 4.01. The molecule has 1 N–H and O–H groups in total. The van der Waals surface area contributed by atoms with E-state index in [1.54, 1.807) is 0 Å². The Morgan fingerprint density at radius 1 is 1.65 bits per heavy atom. The Morgan fingerprint density at radius 3 is 2.94 bits per heavy atom. The Balaban J connectivity index is 2.35. The predicted molar refractivity (Wildman–Crippen MR) is 61.6 cm³/mol. The lowest BCUT2D eigenvalue weighted by atomic mass is 9.67. The molecule has 1 aromatic rings. The first-order valence-electron chi connectivity index (χ1n) is 5.28. The van der Waals surface area contributed by atoms with Gasteiger partial charge in [-0.1, -0.05) is 0 Å². The number of nitriles is 1. The Hall–Kier alpha value is -1.67. The van der Waals surface area contributed by atoms with Gasteiger partial charge in [-0.25, -0.2) is 0 Å². The number of aliphatic carboxylic acids is 1. The number of hydrogen-bond acceptors (Lipinski definition) is 4. The molecule has 0 bridgehead atoms. The van der Waals surface area contributed by atoms with E-state index in [1.165, 1.54) is 11.3 Å². The fourth-order valence-electron chi connectivity index (χ4n) is 2.27. The lowest BCUT2D eigenvalue weighted by Gasteiger charge is -2.32. The van der Waals surface area contributed by atoms with Crippen LogP contribution in [0.1, 0.15) is 24.8 Å². The lowest BCUT2D eigenvalue weighted by molar-refractivity contribution is -0.148. The summed E-state index contributed by atoms with van der Waals surface area (Å²) in [7, 11) is 0. The zero-order chi connectivity index (χ0) is 12.5. The van der Waals surface area contributed by atoms with Crippen molar-refractivity contribution in [2.45, 2.75) is 24.7 Å². The SMILES string of the molecule is N#CC1(c2ccsc2)CCC(=O)C(C(=O)O)C1. The highest BCUT2D eigenvalue weighted by Gasteiger charge is 2.44. The number of hydrogen-bond donors (Lipinski definition) is 1. The number of ketones is 1. The summed E-state index contributed by atoms with van der Waals surface area (Å²) in [5.74, 6) is -2.42. The van der Waals surface area contributed by atoms with Crippen LogP contribution in [-0.4, -0.2) is 16.9 Å². The number of carboxylic acids is 1. The zero-order valence-corrected chi connectivity index (χ0v) is 9.87. The summed E-state index contributed by atoms with van der Waals surface area (Å²) in [4.78, 5) is 22.5. The van der Waals surface area contributed by atoms with E-state index in [2.05, 4.69) is 6.07 Å². The van der Waals surface area contributed by atoms with E-state index in [9.17, 15) is 14.9 Å². The van der Waals surface area contributed by atoms with Gasteiger partial charge in [0.25, 0.3) is 0 Å². The molecule has 1 fully saturated rings. The van der Waals surface area contributed by atoms with Crippen LogP contribution in [0.4, 0.5) is 0 Å². The van der Waals surface area contributed by atoms with Gasteiger partial charge in [0, 0.05) is 6.42 Å². The number of Topliss-reactive ketones (excluding diaryl/α,β-unsaturated/α-hetero) is 1. The van der Waals surface area contributed by atoms with Gasteiger partial charge >= 0.3 is 5.97 Å². The highest BCUT2D eigenvalue weighted by atomic mass is 32.1. The summed E-state index contributed by atoms with van der Waals surface area (Å²) in [6.45, 7) is 0. The van der Waals surface area contributed by atoms with Crippen molar-refractivity contribution in [2.75, 3.05) is 0 Å². The highest BCUT2D eigenvalue weighted by Crippen LogP contribution is 2.41. The van der Waals surface area contributed by atoms with E-state index in [1.807, 2.05) is 16.8 Å². The average Bonchev–Trinajstić information content (AvgIpc) is 2.84. The number of carbonyl (C=O) groups is 2. The van der Waals surface area contributed by atoms with Gasteiger partial charge in [-0.2, -0.15) is 16.6 Å². The fraction of sp³-hybridized carbons (Fsp3) is 0.417. The molecule has 1 aliphatic carbocycles. The van der Waals surface area contributed by atoms with Crippen LogP contribution >= 0.6 is 11.3 Å². The van der Waals surface area contributed by atoms with Crippen LogP contribution in [0, 0.1) is 17.2 Å². The molecule has 2 rings (SSSR count). The maximum Gasteiger partial charge on any atom is 0.314 e. The van der Waals surface area contributed by atoms with Crippen LogP contribution in [-0.2, 0) is 15.0 Å². The fourth-order valence-corrected chi connectivity index (χ4v) is 3.02. The molecule has 0 radical (unpaired) electrons. The Morgan fingerprint density at radius 2 is 2.41 bits per heavy atom. The smallest absolute Gasteiger partial charge is 0.314 e. The van der Waals surface area contributed by atoms with Gasteiger partial charge in [-0.05, 0) is 35.2 Å². The highest BCUT2D eigenvalue weighted by molar-refractivity contribution is 7.08. The van der Waals surface area contributed by atoms with E-state index in [-0.39, 0.29) is 18.6 Å². The molecule has 0 amide bonds. The van der Waals surface area contributed by atoms with Crippen molar-refractivity contribution in [1.29, 1.82) is 5.26 Å².